The summed E-state index contributed by atoms with van der Waals surface area (Å²) in [5.41, 5.74) is 1.99. The largest absolute Gasteiger partial charge is 0.391 e. The first kappa shape index (κ1) is 12.2. The van der Waals surface area contributed by atoms with Gasteiger partial charge in [0.25, 0.3) is 0 Å². The number of thiazole rings is 1. The van der Waals surface area contributed by atoms with Crippen LogP contribution in [0.1, 0.15) is 31.3 Å². The van der Waals surface area contributed by atoms with Crippen LogP contribution in [-0.2, 0) is 12.0 Å². The van der Waals surface area contributed by atoms with Crippen LogP contribution in [-0.4, -0.2) is 15.1 Å². The molecule has 0 aliphatic carbocycles. The highest BCUT2D eigenvalue weighted by Crippen LogP contribution is 2.34. The second kappa shape index (κ2) is 4.55. The summed E-state index contributed by atoms with van der Waals surface area (Å²) in [6, 6.07) is 3.87. The molecule has 0 aliphatic heterocycles. The Balaban J connectivity index is 2.49. The maximum absolute atomic E-state index is 9.40. The fourth-order valence-corrected chi connectivity index (χ4v) is 2.80. The number of hydrogen-bond acceptors (Lipinski definition) is 4. The van der Waals surface area contributed by atoms with Gasteiger partial charge in [-0.05, 0) is 12.1 Å². The summed E-state index contributed by atoms with van der Waals surface area (Å²) < 4.78 is 0. The predicted octanol–water partition coefficient (Wildman–Crippen LogP) is 2.99. The van der Waals surface area contributed by atoms with Crippen molar-refractivity contribution in [1.29, 1.82) is 0 Å². The minimum atomic E-state index is -0.0418. The first-order valence-electron chi connectivity index (χ1n) is 5.54. The van der Waals surface area contributed by atoms with Crippen LogP contribution in [0, 0.1) is 0 Å². The van der Waals surface area contributed by atoms with Crippen LogP contribution in [0.3, 0.4) is 0 Å². The van der Waals surface area contributed by atoms with Gasteiger partial charge in [0.1, 0.15) is 5.01 Å². The highest BCUT2D eigenvalue weighted by molar-refractivity contribution is 7.15. The van der Waals surface area contributed by atoms with E-state index >= 15 is 0 Å². The van der Waals surface area contributed by atoms with Crippen LogP contribution < -0.4 is 0 Å². The standard InChI is InChI=1S/C13H16N2OS/c1-13(2,3)11-10(8-16)17-12(15-11)9-4-6-14-7-5-9/h4-7,16H,8H2,1-3H3. The van der Waals surface area contributed by atoms with Gasteiger partial charge in [0.05, 0.1) is 17.2 Å². The Bertz CT molecular complexity index is 500. The number of aliphatic hydroxyl groups is 1. The van der Waals surface area contributed by atoms with Crippen LogP contribution in [0.4, 0.5) is 0 Å². The number of pyridine rings is 1. The summed E-state index contributed by atoms with van der Waals surface area (Å²) in [6.45, 7) is 6.38. The molecule has 0 unspecified atom stereocenters. The van der Waals surface area contributed by atoms with Crippen LogP contribution in [0.2, 0.25) is 0 Å². The summed E-state index contributed by atoms with van der Waals surface area (Å²) in [5.74, 6) is 0. The lowest BCUT2D eigenvalue weighted by molar-refractivity contribution is 0.282. The van der Waals surface area contributed by atoms with Gasteiger partial charge in [-0.3, -0.25) is 4.98 Å². The molecule has 2 heterocycles. The number of hydrogen-bond donors (Lipinski definition) is 1. The number of nitrogens with zero attached hydrogens (tertiary/aromatic N) is 2. The van der Waals surface area contributed by atoms with Crippen LogP contribution in [0.25, 0.3) is 10.6 Å². The van der Waals surface area contributed by atoms with Crippen molar-refractivity contribution in [3.63, 3.8) is 0 Å². The van der Waals surface area contributed by atoms with Gasteiger partial charge in [0.15, 0.2) is 0 Å². The molecule has 2 aromatic rings. The maximum atomic E-state index is 9.40. The third kappa shape index (κ3) is 2.53. The van der Waals surface area contributed by atoms with Gasteiger partial charge in [-0.25, -0.2) is 4.98 Å². The number of aromatic nitrogens is 2. The van der Waals surface area contributed by atoms with Crippen molar-refractivity contribution in [3.8, 4) is 10.6 Å². The third-order valence-corrected chi connectivity index (χ3v) is 3.57. The van der Waals surface area contributed by atoms with E-state index in [0.717, 1.165) is 21.1 Å². The van der Waals surface area contributed by atoms with Gasteiger partial charge in [-0.15, -0.1) is 11.3 Å². The molecule has 90 valence electrons. The average molecular weight is 248 g/mol. The number of rotatable bonds is 2. The maximum Gasteiger partial charge on any atom is 0.124 e. The molecule has 2 aromatic heterocycles. The van der Waals surface area contributed by atoms with Crippen molar-refractivity contribution in [1.82, 2.24) is 9.97 Å². The van der Waals surface area contributed by atoms with Crippen LogP contribution in [0.5, 0.6) is 0 Å². The first-order chi connectivity index (χ1) is 8.02. The number of aliphatic hydroxyl groups excluding tert-OH is 1. The fourth-order valence-electron chi connectivity index (χ4n) is 1.66. The Morgan fingerprint density at radius 2 is 1.88 bits per heavy atom. The zero-order valence-corrected chi connectivity index (χ0v) is 11.1. The molecule has 0 aliphatic rings. The Morgan fingerprint density at radius 3 is 2.35 bits per heavy atom. The van der Waals surface area contributed by atoms with Crippen LogP contribution >= 0.6 is 11.3 Å². The van der Waals surface area contributed by atoms with Gasteiger partial charge in [0, 0.05) is 23.4 Å². The lowest BCUT2D eigenvalue weighted by Gasteiger charge is -2.16. The van der Waals surface area contributed by atoms with E-state index in [4.69, 9.17) is 0 Å². The lowest BCUT2D eigenvalue weighted by Crippen LogP contribution is -2.14. The summed E-state index contributed by atoms with van der Waals surface area (Å²) in [6.07, 6.45) is 3.51. The van der Waals surface area contributed by atoms with Crippen molar-refractivity contribution in [3.05, 3.63) is 35.1 Å². The van der Waals surface area contributed by atoms with E-state index in [0.29, 0.717) is 0 Å². The Morgan fingerprint density at radius 1 is 1.24 bits per heavy atom. The van der Waals surface area contributed by atoms with Gasteiger partial charge < -0.3 is 5.11 Å². The van der Waals surface area contributed by atoms with Crippen molar-refractivity contribution in [2.75, 3.05) is 0 Å². The Hall–Kier alpha value is -1.26. The molecule has 0 aromatic carbocycles. The van der Waals surface area contributed by atoms with E-state index in [9.17, 15) is 5.11 Å². The Labute approximate surface area is 105 Å². The third-order valence-electron chi connectivity index (χ3n) is 2.48. The van der Waals surface area contributed by atoms with E-state index < -0.39 is 0 Å². The van der Waals surface area contributed by atoms with E-state index in [-0.39, 0.29) is 12.0 Å². The molecule has 0 fully saturated rings. The minimum absolute atomic E-state index is 0.0418. The van der Waals surface area contributed by atoms with E-state index in [1.54, 1.807) is 23.7 Å². The van der Waals surface area contributed by atoms with Gasteiger partial charge in [-0.1, -0.05) is 20.8 Å². The Kier molecular flexibility index (Phi) is 3.26. The van der Waals surface area contributed by atoms with Gasteiger partial charge in [0.2, 0.25) is 0 Å². The molecule has 1 N–H and O–H groups in total. The molecule has 17 heavy (non-hydrogen) atoms. The summed E-state index contributed by atoms with van der Waals surface area (Å²) in [5, 5.41) is 10.3. The molecule has 4 heteroatoms. The second-order valence-electron chi connectivity index (χ2n) is 4.93. The second-order valence-corrected chi connectivity index (χ2v) is 6.02. The van der Waals surface area contributed by atoms with Gasteiger partial charge in [-0.2, -0.15) is 0 Å². The molecule has 0 saturated carbocycles. The van der Waals surface area contributed by atoms with Crippen molar-refractivity contribution in [2.24, 2.45) is 0 Å². The molecule has 0 amide bonds. The lowest BCUT2D eigenvalue weighted by atomic mass is 9.91. The summed E-state index contributed by atoms with van der Waals surface area (Å²) in [4.78, 5) is 9.60. The fraction of sp³-hybridized carbons (Fsp3) is 0.385. The molecule has 0 saturated heterocycles. The normalized spacial score (nSPS) is 11.8. The molecular formula is C13H16N2OS. The molecule has 2 rings (SSSR count). The topological polar surface area (TPSA) is 46.0 Å². The molecular weight excluding hydrogens is 232 g/mol. The quantitative estimate of drug-likeness (QED) is 0.888. The predicted molar refractivity (Wildman–Crippen MR) is 70.0 cm³/mol. The van der Waals surface area contributed by atoms with Crippen molar-refractivity contribution in [2.45, 2.75) is 32.8 Å². The SMILES string of the molecule is CC(C)(C)c1nc(-c2ccncc2)sc1CO. The monoisotopic (exact) mass is 248 g/mol. The average Bonchev–Trinajstić information content (AvgIpc) is 2.74. The van der Waals surface area contributed by atoms with Crippen molar-refractivity contribution < 1.29 is 5.11 Å². The molecule has 3 nitrogen and oxygen atoms in total. The van der Waals surface area contributed by atoms with E-state index in [1.807, 2.05) is 12.1 Å². The minimum Gasteiger partial charge on any atom is -0.391 e. The smallest absolute Gasteiger partial charge is 0.124 e. The zero-order chi connectivity index (χ0) is 12.5. The first-order valence-corrected chi connectivity index (χ1v) is 6.35. The molecule has 0 bridgehead atoms. The highest BCUT2D eigenvalue weighted by atomic mass is 32.1. The van der Waals surface area contributed by atoms with Crippen molar-refractivity contribution >= 4 is 11.3 Å². The molecule has 0 spiro atoms. The van der Waals surface area contributed by atoms with Gasteiger partial charge >= 0.3 is 0 Å². The molecule has 0 radical (unpaired) electrons. The zero-order valence-electron chi connectivity index (χ0n) is 10.3. The highest BCUT2D eigenvalue weighted by Gasteiger charge is 2.23. The summed E-state index contributed by atoms with van der Waals surface area (Å²) >= 11 is 1.55. The van der Waals surface area contributed by atoms with E-state index in [1.165, 1.54) is 0 Å². The van der Waals surface area contributed by atoms with E-state index in [2.05, 4.69) is 30.7 Å². The van der Waals surface area contributed by atoms with Crippen LogP contribution in [0.15, 0.2) is 24.5 Å². The molecule has 0 atom stereocenters. The summed E-state index contributed by atoms with van der Waals surface area (Å²) in [7, 11) is 0.